The standard InChI is InChI=1S/C46H55N3O5/c1-2-3-4-5-6-7-8-9-10-11-12-13-14-15-34-47-41(50)31-22-35-16-25-38(26-17-35)44-45(39-27-18-36(19-28-39)23-32-42(51)52)49-46(48-44)40-29-20-37(21-30-40)24-33-43(53)54/h16-33H,2-15,34H2,1H3,(H,47,50)(H,48,49)(H,51,52)(H,53,54)/b31-22+,32-23+,33-24+. The summed E-state index contributed by atoms with van der Waals surface area (Å²) in [5.41, 5.74) is 6.50. The van der Waals surface area contributed by atoms with Crippen molar-refractivity contribution in [1.29, 1.82) is 0 Å². The monoisotopic (exact) mass is 729 g/mol. The fourth-order valence-corrected chi connectivity index (χ4v) is 6.29. The van der Waals surface area contributed by atoms with Crippen molar-refractivity contribution in [3.8, 4) is 33.9 Å². The van der Waals surface area contributed by atoms with Gasteiger partial charge in [-0.2, -0.15) is 0 Å². The number of benzene rings is 3. The number of aromatic nitrogens is 2. The second kappa shape index (κ2) is 23.2. The number of aliphatic carboxylic acids is 2. The SMILES string of the molecule is CCCCCCCCCCCCCCCCNC(=O)/C=C/c1ccc(-c2nc(-c3ccc(/C=C/C(=O)O)cc3)[nH]c2-c2ccc(/C=C/C(=O)O)cc2)cc1. The molecule has 0 unspecified atom stereocenters. The van der Waals surface area contributed by atoms with E-state index in [-0.39, 0.29) is 5.91 Å². The highest BCUT2D eigenvalue weighted by atomic mass is 16.4. The molecule has 0 aliphatic rings. The smallest absolute Gasteiger partial charge is 0.328 e. The summed E-state index contributed by atoms with van der Waals surface area (Å²) in [6.07, 6.45) is 27.0. The van der Waals surface area contributed by atoms with E-state index in [4.69, 9.17) is 15.2 Å². The highest BCUT2D eigenvalue weighted by molar-refractivity contribution is 5.92. The molecule has 0 aliphatic heterocycles. The Morgan fingerprint density at radius 1 is 0.556 bits per heavy atom. The molecular weight excluding hydrogens is 675 g/mol. The number of nitrogens with zero attached hydrogens (tertiary/aromatic N) is 1. The molecule has 3 aromatic carbocycles. The van der Waals surface area contributed by atoms with Gasteiger partial charge in [-0.3, -0.25) is 4.79 Å². The van der Waals surface area contributed by atoms with Crippen LogP contribution in [0.25, 0.3) is 52.1 Å². The predicted molar refractivity (Wildman–Crippen MR) is 221 cm³/mol. The van der Waals surface area contributed by atoms with Crippen LogP contribution in [0.3, 0.4) is 0 Å². The van der Waals surface area contributed by atoms with E-state index in [0.717, 1.165) is 69.8 Å². The lowest BCUT2D eigenvalue weighted by Crippen LogP contribution is -2.21. The maximum absolute atomic E-state index is 12.5. The Morgan fingerprint density at radius 2 is 0.963 bits per heavy atom. The Morgan fingerprint density at radius 3 is 1.43 bits per heavy atom. The van der Waals surface area contributed by atoms with Gasteiger partial charge >= 0.3 is 11.9 Å². The number of unbranched alkanes of at least 4 members (excludes halogenated alkanes) is 13. The first-order valence-corrected chi connectivity index (χ1v) is 19.5. The summed E-state index contributed by atoms with van der Waals surface area (Å²) in [6.45, 7) is 2.95. The molecule has 0 spiro atoms. The predicted octanol–water partition coefficient (Wildman–Crippen LogP) is 11.2. The van der Waals surface area contributed by atoms with Crippen LogP contribution in [0.2, 0.25) is 0 Å². The molecule has 4 N–H and O–H groups in total. The van der Waals surface area contributed by atoms with E-state index in [1.807, 2.05) is 78.9 Å². The number of nitrogens with one attached hydrogen (secondary N) is 2. The molecule has 284 valence electrons. The van der Waals surface area contributed by atoms with Crippen molar-refractivity contribution >= 4 is 36.1 Å². The number of H-pyrrole nitrogens is 1. The first kappa shape index (κ1) is 41.3. The summed E-state index contributed by atoms with van der Waals surface area (Å²) < 4.78 is 0. The molecule has 0 bridgehead atoms. The summed E-state index contributed by atoms with van der Waals surface area (Å²) in [5.74, 6) is -1.48. The van der Waals surface area contributed by atoms with Crippen molar-refractivity contribution in [2.45, 2.75) is 96.8 Å². The summed E-state index contributed by atoms with van der Waals surface area (Å²) in [4.78, 5) is 42.8. The molecule has 4 rings (SSSR count). The second-order valence-electron chi connectivity index (χ2n) is 13.7. The molecule has 0 saturated carbocycles. The maximum atomic E-state index is 12.5. The average Bonchev–Trinajstić information content (AvgIpc) is 3.63. The number of aromatic amines is 1. The molecule has 0 saturated heterocycles. The highest BCUT2D eigenvalue weighted by Crippen LogP contribution is 2.34. The topological polar surface area (TPSA) is 132 Å². The first-order valence-electron chi connectivity index (χ1n) is 19.5. The number of carbonyl (C=O) groups is 3. The van der Waals surface area contributed by atoms with Gasteiger partial charge in [0.05, 0.1) is 11.4 Å². The number of carbonyl (C=O) groups excluding carboxylic acids is 1. The van der Waals surface area contributed by atoms with E-state index < -0.39 is 11.9 Å². The second-order valence-corrected chi connectivity index (χ2v) is 13.7. The normalized spacial score (nSPS) is 11.6. The zero-order valence-electron chi connectivity index (χ0n) is 31.6. The number of rotatable bonds is 24. The van der Waals surface area contributed by atoms with Crippen LogP contribution in [0.4, 0.5) is 0 Å². The van der Waals surface area contributed by atoms with Gasteiger partial charge in [0.2, 0.25) is 5.91 Å². The minimum Gasteiger partial charge on any atom is -0.478 e. The average molecular weight is 730 g/mol. The van der Waals surface area contributed by atoms with Gasteiger partial charge in [0, 0.05) is 41.5 Å². The van der Waals surface area contributed by atoms with Gasteiger partial charge in [0.25, 0.3) is 0 Å². The Hall–Kier alpha value is -5.50. The lowest BCUT2D eigenvalue weighted by molar-refractivity contribution is -0.132. The molecule has 0 atom stereocenters. The minimum atomic E-state index is -1.01. The van der Waals surface area contributed by atoms with Crippen molar-refractivity contribution in [2.75, 3.05) is 6.54 Å². The van der Waals surface area contributed by atoms with Crippen molar-refractivity contribution in [3.05, 3.63) is 108 Å². The Bertz CT molecular complexity index is 1830. The van der Waals surface area contributed by atoms with Crippen molar-refractivity contribution < 1.29 is 24.6 Å². The third-order valence-electron chi connectivity index (χ3n) is 9.36. The zero-order chi connectivity index (χ0) is 38.4. The van der Waals surface area contributed by atoms with Gasteiger partial charge in [0.15, 0.2) is 0 Å². The maximum Gasteiger partial charge on any atom is 0.328 e. The van der Waals surface area contributed by atoms with E-state index in [1.165, 1.54) is 83.1 Å². The zero-order valence-corrected chi connectivity index (χ0v) is 31.6. The largest absolute Gasteiger partial charge is 0.478 e. The quantitative estimate of drug-likeness (QED) is 0.0419. The molecule has 8 heteroatoms. The molecule has 1 amide bonds. The van der Waals surface area contributed by atoms with Crippen molar-refractivity contribution in [2.24, 2.45) is 0 Å². The van der Waals surface area contributed by atoms with Gasteiger partial charge < -0.3 is 20.5 Å². The van der Waals surface area contributed by atoms with Crippen molar-refractivity contribution in [3.63, 3.8) is 0 Å². The van der Waals surface area contributed by atoms with Crippen LogP contribution in [0.15, 0.2) is 91.0 Å². The molecule has 0 fully saturated rings. The van der Waals surface area contributed by atoms with Crippen molar-refractivity contribution in [1.82, 2.24) is 15.3 Å². The third kappa shape index (κ3) is 14.9. The fraction of sp³-hybridized carbons (Fsp3) is 0.348. The molecule has 1 aromatic heterocycles. The first-order chi connectivity index (χ1) is 26.3. The number of carboxylic acid groups (broad SMARTS) is 2. The Balaban J connectivity index is 1.30. The summed E-state index contributed by atoms with van der Waals surface area (Å²) in [7, 11) is 0. The number of imidazole rings is 1. The lowest BCUT2D eigenvalue weighted by Gasteiger charge is -2.05. The van der Waals surface area contributed by atoms with Crippen LogP contribution in [-0.4, -0.2) is 44.6 Å². The van der Waals surface area contributed by atoms with Gasteiger partial charge in [-0.05, 0) is 41.3 Å². The van der Waals surface area contributed by atoms with E-state index in [0.29, 0.717) is 12.4 Å². The van der Waals surface area contributed by atoms with Gasteiger partial charge in [-0.25, -0.2) is 14.6 Å². The molecule has 54 heavy (non-hydrogen) atoms. The number of carboxylic acids is 2. The van der Waals surface area contributed by atoms with Crippen LogP contribution in [0.5, 0.6) is 0 Å². The molecular formula is C46H55N3O5. The van der Waals surface area contributed by atoms with Crippen LogP contribution in [0.1, 0.15) is 114 Å². The summed E-state index contributed by atoms with van der Waals surface area (Å²) >= 11 is 0. The minimum absolute atomic E-state index is 0.0980. The van der Waals surface area contributed by atoms with Crippen LogP contribution in [0, 0.1) is 0 Å². The molecule has 4 aromatic rings. The third-order valence-corrected chi connectivity index (χ3v) is 9.36. The fourth-order valence-electron chi connectivity index (χ4n) is 6.29. The van der Waals surface area contributed by atoms with Gasteiger partial charge in [-0.15, -0.1) is 0 Å². The van der Waals surface area contributed by atoms with Crippen LogP contribution >= 0.6 is 0 Å². The Labute approximate surface area is 320 Å². The number of hydrogen-bond acceptors (Lipinski definition) is 4. The number of hydrogen-bond donors (Lipinski definition) is 4. The van der Waals surface area contributed by atoms with Gasteiger partial charge in [-0.1, -0.05) is 163 Å². The summed E-state index contributed by atoms with van der Waals surface area (Å²) in [5, 5.41) is 21.0. The van der Waals surface area contributed by atoms with E-state index in [2.05, 4.69) is 17.2 Å². The Kier molecular flexibility index (Phi) is 17.7. The van der Waals surface area contributed by atoms with Crippen LogP contribution in [-0.2, 0) is 14.4 Å². The molecule has 0 aliphatic carbocycles. The molecule has 0 radical (unpaired) electrons. The highest BCUT2D eigenvalue weighted by Gasteiger charge is 2.16. The lowest BCUT2D eigenvalue weighted by atomic mass is 10.0. The molecule has 8 nitrogen and oxygen atoms in total. The van der Waals surface area contributed by atoms with E-state index >= 15 is 0 Å². The summed E-state index contributed by atoms with van der Waals surface area (Å²) in [6, 6.07) is 22.8. The van der Waals surface area contributed by atoms with E-state index in [9.17, 15) is 14.4 Å². The van der Waals surface area contributed by atoms with Crippen LogP contribution < -0.4 is 5.32 Å². The molecule has 1 heterocycles. The van der Waals surface area contributed by atoms with E-state index in [1.54, 1.807) is 12.2 Å². The number of amides is 1. The van der Waals surface area contributed by atoms with Gasteiger partial charge in [0.1, 0.15) is 5.82 Å².